The molecular weight excluding hydrogens is 268 g/mol. The summed E-state index contributed by atoms with van der Waals surface area (Å²) in [5.74, 6) is -1.67. The van der Waals surface area contributed by atoms with Crippen LogP contribution in [0.5, 0.6) is 0 Å². The van der Waals surface area contributed by atoms with Crippen LogP contribution in [0.1, 0.15) is 0 Å². The van der Waals surface area contributed by atoms with Gasteiger partial charge in [0.25, 0.3) is 0 Å². The van der Waals surface area contributed by atoms with E-state index < -0.39 is 30.6 Å². The summed E-state index contributed by atoms with van der Waals surface area (Å²) in [7, 11) is 1.24. The van der Waals surface area contributed by atoms with E-state index in [1.165, 1.54) is 18.1 Å². The molecule has 0 aromatic heterocycles. The van der Waals surface area contributed by atoms with Crippen LogP contribution in [0.4, 0.5) is 4.79 Å². The maximum Gasteiger partial charge on any atom is 0.336 e. The lowest BCUT2D eigenvalue weighted by Crippen LogP contribution is -2.53. The molecule has 0 bridgehead atoms. The molecule has 0 aromatic carbocycles. The SMILES string of the molecule is C=CCN(CC(=O)O)C(=O)N1CCOC(C(=O)OC)C1. The Bertz CT molecular complexity index is 397. The fourth-order valence-electron chi connectivity index (χ4n) is 1.83. The van der Waals surface area contributed by atoms with E-state index in [1.807, 2.05) is 0 Å². The molecule has 0 aliphatic carbocycles. The molecule has 0 saturated carbocycles. The van der Waals surface area contributed by atoms with Crippen LogP contribution in [-0.4, -0.2) is 78.9 Å². The summed E-state index contributed by atoms with van der Waals surface area (Å²) in [6.07, 6.45) is 0.604. The Labute approximate surface area is 116 Å². The third-order valence-electron chi connectivity index (χ3n) is 2.75. The predicted molar refractivity (Wildman–Crippen MR) is 68.1 cm³/mol. The quantitative estimate of drug-likeness (QED) is 0.543. The number of esters is 1. The Morgan fingerprint density at radius 1 is 1.55 bits per heavy atom. The molecule has 1 unspecified atom stereocenters. The van der Waals surface area contributed by atoms with Gasteiger partial charge in [0.05, 0.1) is 20.3 Å². The van der Waals surface area contributed by atoms with Crippen LogP contribution in [0, 0.1) is 0 Å². The second-order valence-electron chi connectivity index (χ2n) is 4.17. The van der Waals surface area contributed by atoms with Crippen molar-refractivity contribution in [3.63, 3.8) is 0 Å². The number of carboxylic acid groups (broad SMARTS) is 1. The lowest BCUT2D eigenvalue weighted by atomic mass is 10.3. The molecule has 1 fully saturated rings. The van der Waals surface area contributed by atoms with Gasteiger partial charge in [-0.05, 0) is 0 Å². The van der Waals surface area contributed by atoms with E-state index in [0.29, 0.717) is 6.54 Å². The highest BCUT2D eigenvalue weighted by Crippen LogP contribution is 2.10. The lowest BCUT2D eigenvalue weighted by molar-refractivity contribution is -0.158. The number of rotatable bonds is 5. The van der Waals surface area contributed by atoms with Gasteiger partial charge in [-0.25, -0.2) is 9.59 Å². The molecule has 0 aromatic rings. The molecule has 2 amide bonds. The Morgan fingerprint density at radius 3 is 2.80 bits per heavy atom. The standard InChI is InChI=1S/C12H18N2O6/c1-3-4-13(8-10(15)16)12(18)14-5-6-20-9(7-14)11(17)19-2/h3,9H,1,4-8H2,2H3,(H,15,16). The first kappa shape index (κ1) is 16.0. The van der Waals surface area contributed by atoms with Gasteiger partial charge < -0.3 is 24.4 Å². The highest BCUT2D eigenvalue weighted by atomic mass is 16.6. The van der Waals surface area contributed by atoms with Crippen LogP contribution in [0.3, 0.4) is 0 Å². The molecule has 0 spiro atoms. The zero-order chi connectivity index (χ0) is 15.1. The van der Waals surface area contributed by atoms with E-state index >= 15 is 0 Å². The lowest BCUT2D eigenvalue weighted by Gasteiger charge is -2.34. The number of urea groups is 1. The van der Waals surface area contributed by atoms with E-state index in [9.17, 15) is 14.4 Å². The molecule has 0 radical (unpaired) electrons. The van der Waals surface area contributed by atoms with Gasteiger partial charge in [-0.2, -0.15) is 0 Å². The minimum absolute atomic E-state index is 0.0404. The molecule has 1 saturated heterocycles. The van der Waals surface area contributed by atoms with Gasteiger partial charge in [0, 0.05) is 13.1 Å². The van der Waals surface area contributed by atoms with Crippen LogP contribution in [0.15, 0.2) is 12.7 Å². The molecule has 1 rings (SSSR count). The molecule has 1 heterocycles. The molecule has 1 atom stereocenters. The summed E-state index contributed by atoms with van der Waals surface area (Å²) in [6, 6.07) is -0.468. The molecule has 112 valence electrons. The average Bonchev–Trinajstić information content (AvgIpc) is 2.45. The van der Waals surface area contributed by atoms with Crippen molar-refractivity contribution in [2.75, 3.05) is 39.9 Å². The van der Waals surface area contributed by atoms with Gasteiger partial charge in [-0.1, -0.05) is 6.08 Å². The molecule has 20 heavy (non-hydrogen) atoms. The summed E-state index contributed by atoms with van der Waals surface area (Å²) < 4.78 is 9.77. The van der Waals surface area contributed by atoms with Crippen LogP contribution in [0.2, 0.25) is 0 Å². The second-order valence-corrected chi connectivity index (χ2v) is 4.17. The van der Waals surface area contributed by atoms with Gasteiger partial charge in [-0.15, -0.1) is 6.58 Å². The van der Waals surface area contributed by atoms with Crippen molar-refractivity contribution in [2.45, 2.75) is 6.10 Å². The fraction of sp³-hybridized carbons (Fsp3) is 0.583. The first-order valence-corrected chi connectivity index (χ1v) is 6.05. The number of aliphatic carboxylic acids is 1. The van der Waals surface area contributed by atoms with Gasteiger partial charge >= 0.3 is 18.0 Å². The highest BCUT2D eigenvalue weighted by Gasteiger charge is 2.32. The highest BCUT2D eigenvalue weighted by molar-refractivity contribution is 5.81. The van der Waals surface area contributed by atoms with Crippen LogP contribution < -0.4 is 0 Å². The number of carbonyl (C=O) groups excluding carboxylic acids is 2. The number of morpholine rings is 1. The van der Waals surface area contributed by atoms with E-state index in [1.54, 1.807) is 0 Å². The van der Waals surface area contributed by atoms with Crippen LogP contribution in [-0.2, 0) is 19.1 Å². The van der Waals surface area contributed by atoms with Crippen molar-refractivity contribution < 1.29 is 29.0 Å². The van der Waals surface area contributed by atoms with E-state index in [2.05, 4.69) is 11.3 Å². The monoisotopic (exact) mass is 286 g/mol. The third-order valence-corrected chi connectivity index (χ3v) is 2.75. The number of methoxy groups -OCH3 is 1. The van der Waals surface area contributed by atoms with Crippen molar-refractivity contribution in [1.82, 2.24) is 9.80 Å². The van der Waals surface area contributed by atoms with Gasteiger partial charge in [0.2, 0.25) is 0 Å². The van der Waals surface area contributed by atoms with Crippen LogP contribution >= 0.6 is 0 Å². The molecule has 1 N–H and O–H groups in total. The third kappa shape index (κ3) is 4.23. The number of hydrogen-bond acceptors (Lipinski definition) is 5. The number of nitrogens with zero attached hydrogens (tertiary/aromatic N) is 2. The Morgan fingerprint density at radius 2 is 2.25 bits per heavy atom. The molecule has 8 heteroatoms. The number of ether oxygens (including phenoxy) is 2. The number of amides is 2. The zero-order valence-corrected chi connectivity index (χ0v) is 11.3. The minimum atomic E-state index is -1.11. The largest absolute Gasteiger partial charge is 0.480 e. The first-order chi connectivity index (χ1) is 9.49. The smallest absolute Gasteiger partial charge is 0.336 e. The van der Waals surface area contributed by atoms with Crippen molar-refractivity contribution in [1.29, 1.82) is 0 Å². The molecule has 1 aliphatic rings. The van der Waals surface area contributed by atoms with Crippen molar-refractivity contribution in [3.05, 3.63) is 12.7 Å². The van der Waals surface area contributed by atoms with Crippen molar-refractivity contribution in [2.24, 2.45) is 0 Å². The van der Waals surface area contributed by atoms with E-state index in [4.69, 9.17) is 9.84 Å². The zero-order valence-electron chi connectivity index (χ0n) is 11.3. The molecule has 8 nitrogen and oxygen atoms in total. The van der Waals surface area contributed by atoms with Gasteiger partial charge in [-0.3, -0.25) is 4.79 Å². The molecular formula is C12H18N2O6. The topological polar surface area (TPSA) is 96.4 Å². The molecule has 1 aliphatic heterocycles. The Hall–Kier alpha value is -2.09. The maximum absolute atomic E-state index is 12.2. The normalized spacial score (nSPS) is 18.2. The fourth-order valence-corrected chi connectivity index (χ4v) is 1.83. The first-order valence-electron chi connectivity index (χ1n) is 6.05. The summed E-state index contributed by atoms with van der Waals surface area (Å²) in [4.78, 5) is 36.9. The minimum Gasteiger partial charge on any atom is -0.480 e. The van der Waals surface area contributed by atoms with E-state index in [-0.39, 0.29) is 19.7 Å². The second kappa shape index (κ2) is 7.49. The predicted octanol–water partition coefficient (Wildman–Crippen LogP) is -0.447. The summed E-state index contributed by atoms with van der Waals surface area (Å²) in [5, 5.41) is 8.79. The summed E-state index contributed by atoms with van der Waals surface area (Å²) in [5.41, 5.74) is 0. The number of hydrogen-bond donors (Lipinski definition) is 1. The van der Waals surface area contributed by atoms with Gasteiger partial charge in [0.1, 0.15) is 6.54 Å². The van der Waals surface area contributed by atoms with Crippen molar-refractivity contribution in [3.8, 4) is 0 Å². The number of carbonyl (C=O) groups is 3. The van der Waals surface area contributed by atoms with E-state index in [0.717, 1.165) is 4.90 Å². The van der Waals surface area contributed by atoms with Gasteiger partial charge in [0.15, 0.2) is 6.10 Å². The Kier molecular flexibility index (Phi) is 5.98. The van der Waals surface area contributed by atoms with Crippen LogP contribution in [0.25, 0.3) is 0 Å². The average molecular weight is 286 g/mol. The number of carboxylic acids is 1. The Balaban J connectivity index is 2.70. The summed E-state index contributed by atoms with van der Waals surface area (Å²) >= 11 is 0. The summed E-state index contributed by atoms with van der Waals surface area (Å²) in [6.45, 7) is 3.71. The van der Waals surface area contributed by atoms with Crippen molar-refractivity contribution >= 4 is 18.0 Å². The maximum atomic E-state index is 12.2.